The van der Waals surface area contributed by atoms with Crippen molar-refractivity contribution in [3.8, 4) is 0 Å². The first-order chi connectivity index (χ1) is 10.8. The van der Waals surface area contributed by atoms with E-state index in [2.05, 4.69) is 10.6 Å². The maximum atomic E-state index is 12.2. The Bertz CT molecular complexity index is 478. The van der Waals surface area contributed by atoms with E-state index in [9.17, 15) is 20.1 Å². The predicted octanol–water partition coefficient (Wildman–Crippen LogP) is -2.93. The lowest BCUT2D eigenvalue weighted by Gasteiger charge is -2.55. The zero-order valence-corrected chi connectivity index (χ0v) is 13.3. The fourth-order valence-corrected chi connectivity index (χ4v) is 3.68. The molecule has 2 aliphatic heterocycles. The average molecular weight is 332 g/mol. The summed E-state index contributed by atoms with van der Waals surface area (Å²) in [5.74, 6) is -2.76. The van der Waals surface area contributed by atoms with Crippen molar-refractivity contribution < 1.29 is 34.3 Å². The van der Waals surface area contributed by atoms with Crippen molar-refractivity contribution in [3.63, 3.8) is 0 Å². The van der Waals surface area contributed by atoms with Crippen LogP contribution >= 0.6 is 0 Å². The van der Waals surface area contributed by atoms with Gasteiger partial charge < -0.3 is 40.2 Å². The van der Waals surface area contributed by atoms with Gasteiger partial charge in [-0.1, -0.05) is 0 Å². The molecule has 0 bridgehead atoms. The number of carbonyl (C=O) groups is 1. The number of rotatable bonds is 2. The molecule has 5 N–H and O–H groups in total. The molecule has 1 saturated carbocycles. The van der Waals surface area contributed by atoms with Gasteiger partial charge in [-0.05, 0) is 21.0 Å². The van der Waals surface area contributed by atoms with Crippen LogP contribution in [0.5, 0.6) is 0 Å². The van der Waals surface area contributed by atoms with Gasteiger partial charge in [-0.25, -0.2) is 0 Å². The minimum atomic E-state index is -2.23. The number of aliphatic hydroxyl groups is 3. The Morgan fingerprint density at radius 1 is 1.09 bits per heavy atom. The van der Waals surface area contributed by atoms with E-state index in [0.717, 1.165) is 0 Å². The minimum absolute atomic E-state index is 0.00220. The molecule has 0 spiro atoms. The highest BCUT2D eigenvalue weighted by Gasteiger charge is 2.63. The summed E-state index contributed by atoms with van der Waals surface area (Å²) >= 11 is 0. The summed E-state index contributed by atoms with van der Waals surface area (Å²) in [4.78, 5) is 12.2. The van der Waals surface area contributed by atoms with Crippen LogP contribution in [0.25, 0.3) is 0 Å². The molecule has 1 aliphatic carbocycles. The third-order valence-electron chi connectivity index (χ3n) is 4.93. The van der Waals surface area contributed by atoms with Gasteiger partial charge in [-0.3, -0.25) is 4.79 Å². The molecule has 0 radical (unpaired) electrons. The Morgan fingerprint density at radius 2 is 1.74 bits per heavy atom. The van der Waals surface area contributed by atoms with Crippen LogP contribution in [-0.2, 0) is 19.0 Å². The topological polar surface area (TPSA) is 130 Å². The standard InChI is InChI=1S/C14H24N2O7/c1-5-4-6(17)14(20)13(21-5)22-12-10(19)7(15-2)9(18)8(16-3)11(12)23-14/h5,7-13,15-16,18-20H,4H2,1-3H3/t5-,7-,8+,9+,10+,11-,12-,13-,14+/m0/s1. The summed E-state index contributed by atoms with van der Waals surface area (Å²) in [5.41, 5.74) is 0. The molecular weight excluding hydrogens is 308 g/mol. The smallest absolute Gasteiger partial charge is 0.280 e. The predicted molar refractivity (Wildman–Crippen MR) is 76.4 cm³/mol. The second-order valence-electron chi connectivity index (χ2n) is 6.40. The minimum Gasteiger partial charge on any atom is -0.390 e. The van der Waals surface area contributed by atoms with Crippen molar-refractivity contribution >= 4 is 5.78 Å². The number of Topliss-reactive ketones (excluding diaryl/α,β-unsaturated/α-hetero) is 1. The lowest BCUT2D eigenvalue weighted by Crippen LogP contribution is -2.77. The molecule has 3 fully saturated rings. The fraction of sp³-hybridized carbons (Fsp3) is 0.929. The molecule has 9 heteroatoms. The molecule has 2 saturated heterocycles. The monoisotopic (exact) mass is 332 g/mol. The molecule has 3 aliphatic rings. The molecule has 2 heterocycles. The molecule has 0 unspecified atom stereocenters. The van der Waals surface area contributed by atoms with Gasteiger partial charge in [0.05, 0.1) is 24.3 Å². The molecule has 0 aromatic heterocycles. The highest BCUT2D eigenvalue weighted by atomic mass is 16.8. The first-order valence-corrected chi connectivity index (χ1v) is 7.78. The molecule has 3 rings (SSSR count). The SMILES string of the molecule is CN[C@H]1[C@@H](O)[C@@H](NC)[C@@H]2O[C@]3(O)C(=O)C[C@H](C)O[C@H]3O[C@H]2[C@@H]1O. The van der Waals surface area contributed by atoms with E-state index in [1.54, 1.807) is 21.0 Å². The lowest BCUT2D eigenvalue weighted by molar-refractivity contribution is -0.420. The van der Waals surface area contributed by atoms with Crippen molar-refractivity contribution in [1.82, 2.24) is 10.6 Å². The number of hydrogen-bond donors (Lipinski definition) is 5. The highest BCUT2D eigenvalue weighted by molar-refractivity contribution is 5.87. The number of carbonyl (C=O) groups excluding carboxylic acids is 1. The molecule has 0 amide bonds. The van der Waals surface area contributed by atoms with Gasteiger partial charge in [-0.15, -0.1) is 0 Å². The molecule has 9 atom stereocenters. The average Bonchev–Trinajstić information content (AvgIpc) is 2.49. The van der Waals surface area contributed by atoms with Crippen molar-refractivity contribution in [2.75, 3.05) is 14.1 Å². The Balaban J connectivity index is 1.92. The maximum absolute atomic E-state index is 12.2. The Labute approximate surface area is 133 Å². The van der Waals surface area contributed by atoms with Gasteiger partial charge in [0.15, 0.2) is 5.78 Å². The quantitative estimate of drug-likeness (QED) is 0.361. The van der Waals surface area contributed by atoms with Crippen molar-refractivity contribution in [2.24, 2.45) is 0 Å². The Kier molecular flexibility index (Phi) is 4.49. The normalized spacial score (nSPS) is 53.6. The summed E-state index contributed by atoms with van der Waals surface area (Å²) in [6, 6.07) is -1.29. The van der Waals surface area contributed by atoms with E-state index in [0.29, 0.717) is 0 Å². The third kappa shape index (κ3) is 2.52. The van der Waals surface area contributed by atoms with Crippen LogP contribution in [-0.4, -0.2) is 89.9 Å². The van der Waals surface area contributed by atoms with Gasteiger partial charge in [0.25, 0.3) is 5.79 Å². The molecule has 23 heavy (non-hydrogen) atoms. The Morgan fingerprint density at radius 3 is 2.35 bits per heavy atom. The largest absolute Gasteiger partial charge is 0.390 e. The van der Waals surface area contributed by atoms with E-state index >= 15 is 0 Å². The van der Waals surface area contributed by atoms with E-state index in [4.69, 9.17) is 14.2 Å². The first-order valence-electron chi connectivity index (χ1n) is 7.78. The van der Waals surface area contributed by atoms with Gasteiger partial charge in [0, 0.05) is 6.42 Å². The lowest BCUT2D eigenvalue weighted by atomic mass is 9.80. The molecule has 0 aromatic carbocycles. The number of aliphatic hydroxyl groups excluding tert-OH is 2. The number of likely N-dealkylation sites (N-methyl/N-ethyl adjacent to an activating group) is 2. The zero-order chi connectivity index (χ0) is 16.9. The second-order valence-corrected chi connectivity index (χ2v) is 6.40. The molecule has 9 nitrogen and oxygen atoms in total. The fourth-order valence-electron chi connectivity index (χ4n) is 3.68. The molecule has 132 valence electrons. The zero-order valence-electron chi connectivity index (χ0n) is 13.3. The summed E-state index contributed by atoms with van der Waals surface area (Å²) in [5, 5.41) is 37.2. The third-order valence-corrected chi connectivity index (χ3v) is 4.93. The first kappa shape index (κ1) is 17.2. The number of ether oxygens (including phenoxy) is 3. The number of fused-ring (bicyclic) bond motifs is 2. The Hall–Kier alpha value is -0.650. The highest BCUT2D eigenvalue weighted by Crippen LogP contribution is 2.40. The van der Waals surface area contributed by atoms with Crippen LogP contribution < -0.4 is 10.6 Å². The van der Waals surface area contributed by atoms with Crippen LogP contribution in [0.2, 0.25) is 0 Å². The van der Waals surface area contributed by atoms with Crippen LogP contribution in [0.4, 0.5) is 0 Å². The second kappa shape index (κ2) is 6.01. The van der Waals surface area contributed by atoms with Gasteiger partial charge in [0.1, 0.15) is 18.3 Å². The van der Waals surface area contributed by atoms with Crippen molar-refractivity contribution in [2.45, 2.75) is 68.0 Å². The van der Waals surface area contributed by atoms with E-state index in [1.807, 2.05) is 0 Å². The number of ketones is 1. The molecular formula is C14H24N2O7. The summed E-state index contributed by atoms with van der Waals surface area (Å²) in [6.45, 7) is 1.70. The summed E-state index contributed by atoms with van der Waals surface area (Å²) < 4.78 is 16.8. The van der Waals surface area contributed by atoms with Gasteiger partial charge in [0.2, 0.25) is 6.29 Å². The summed E-state index contributed by atoms with van der Waals surface area (Å²) in [6.07, 6.45) is -5.58. The summed E-state index contributed by atoms with van der Waals surface area (Å²) in [7, 11) is 3.24. The van der Waals surface area contributed by atoms with E-state index < -0.39 is 60.5 Å². The number of nitrogens with one attached hydrogen (secondary N) is 2. The van der Waals surface area contributed by atoms with Crippen molar-refractivity contribution in [3.05, 3.63) is 0 Å². The van der Waals surface area contributed by atoms with Crippen LogP contribution in [0, 0.1) is 0 Å². The number of hydrogen-bond acceptors (Lipinski definition) is 9. The van der Waals surface area contributed by atoms with Crippen molar-refractivity contribution in [1.29, 1.82) is 0 Å². The van der Waals surface area contributed by atoms with E-state index in [1.165, 1.54) is 0 Å². The van der Waals surface area contributed by atoms with Crippen LogP contribution in [0.15, 0.2) is 0 Å². The van der Waals surface area contributed by atoms with Gasteiger partial charge >= 0.3 is 0 Å². The van der Waals surface area contributed by atoms with E-state index in [-0.39, 0.29) is 6.42 Å². The van der Waals surface area contributed by atoms with Crippen LogP contribution in [0.3, 0.4) is 0 Å². The molecule has 0 aromatic rings. The maximum Gasteiger partial charge on any atom is 0.280 e. The van der Waals surface area contributed by atoms with Gasteiger partial charge in [-0.2, -0.15) is 0 Å². The van der Waals surface area contributed by atoms with Crippen LogP contribution in [0.1, 0.15) is 13.3 Å².